The molecule has 2 aromatic carbocycles. The summed E-state index contributed by atoms with van der Waals surface area (Å²) in [6, 6.07) is 17.3. The number of benzene rings is 2. The van der Waals surface area contributed by atoms with Crippen LogP contribution in [0.15, 0.2) is 85.5 Å². The molecule has 0 saturated carbocycles. The summed E-state index contributed by atoms with van der Waals surface area (Å²) in [7, 11) is -1.42. The third-order valence-corrected chi connectivity index (χ3v) is 8.15. The molecule has 0 amide bonds. The fourth-order valence-corrected chi connectivity index (χ4v) is 5.48. The molecular weight excluding hydrogens is 557 g/mol. The van der Waals surface area contributed by atoms with Crippen LogP contribution in [0.5, 0.6) is 0 Å². The quantitative estimate of drug-likeness (QED) is 0.128. The van der Waals surface area contributed by atoms with Crippen LogP contribution in [0.3, 0.4) is 0 Å². The number of halogens is 1. The largest absolute Gasteiger partial charge is 0.358 e. The van der Waals surface area contributed by atoms with Gasteiger partial charge in [0.1, 0.15) is 5.82 Å². The minimum atomic E-state index is -1.42. The number of aromatic nitrogens is 5. The summed E-state index contributed by atoms with van der Waals surface area (Å²) in [5, 5.41) is 12.8. The van der Waals surface area contributed by atoms with Gasteiger partial charge in [-0.1, -0.05) is 44.3 Å². The van der Waals surface area contributed by atoms with Crippen LogP contribution in [-0.2, 0) is 6.54 Å². The van der Waals surface area contributed by atoms with Crippen molar-refractivity contribution in [3.63, 3.8) is 0 Å². The first-order chi connectivity index (χ1) is 20.5. The number of hydrogen-bond donors (Lipinski definition) is 4. The Labute approximate surface area is 250 Å². The molecule has 4 aromatic heterocycles. The molecule has 0 aliphatic heterocycles. The second kappa shape index (κ2) is 11.2. The van der Waals surface area contributed by atoms with Crippen molar-refractivity contribution in [1.29, 1.82) is 0 Å². The molecule has 0 unspecified atom stereocenters. The van der Waals surface area contributed by atoms with E-state index in [1.165, 1.54) is 0 Å². The number of H-pyrrole nitrogens is 2. The lowest BCUT2D eigenvalue weighted by atomic mass is 9.99. The molecular formula is C34H34FN7S. The minimum absolute atomic E-state index is 0.285. The van der Waals surface area contributed by atoms with Gasteiger partial charge < -0.3 is 10.3 Å². The molecule has 9 heteroatoms. The molecule has 0 saturated heterocycles. The molecule has 0 bridgehead atoms. The van der Waals surface area contributed by atoms with Gasteiger partial charge in [-0.05, 0) is 71.3 Å². The minimum Gasteiger partial charge on any atom is -0.358 e. The van der Waals surface area contributed by atoms with Gasteiger partial charge >= 0.3 is 0 Å². The summed E-state index contributed by atoms with van der Waals surface area (Å²) in [5.41, 5.74) is 9.44. The molecule has 6 rings (SSSR count). The summed E-state index contributed by atoms with van der Waals surface area (Å²) < 4.78 is 18.1. The van der Waals surface area contributed by atoms with E-state index in [1.54, 1.807) is 24.5 Å². The number of nitrogens with zero attached hydrogens (tertiary/aromatic N) is 3. The number of fused-ring (bicyclic) bond motifs is 2. The normalized spacial score (nSPS) is 11.9. The Kier molecular flexibility index (Phi) is 7.37. The van der Waals surface area contributed by atoms with E-state index < -0.39 is 9.39 Å². The van der Waals surface area contributed by atoms with E-state index in [4.69, 9.17) is 0 Å². The Morgan fingerprint density at radius 2 is 1.79 bits per heavy atom. The van der Waals surface area contributed by atoms with Crippen molar-refractivity contribution in [1.82, 2.24) is 29.9 Å². The number of nitrogens with one attached hydrogen (secondary N) is 4. The van der Waals surface area contributed by atoms with Crippen molar-refractivity contribution in [3.05, 3.63) is 96.8 Å². The first-order valence-electron chi connectivity index (χ1n) is 13.9. The molecule has 43 heavy (non-hydrogen) atoms. The number of rotatable bonds is 9. The van der Waals surface area contributed by atoms with Crippen molar-refractivity contribution in [2.45, 2.75) is 20.4 Å². The van der Waals surface area contributed by atoms with Crippen LogP contribution < -0.4 is 10.0 Å². The second-order valence-corrected chi connectivity index (χ2v) is 14.2. The summed E-state index contributed by atoms with van der Waals surface area (Å²) in [6.07, 6.45) is 7.37. The number of aromatic amines is 2. The van der Waals surface area contributed by atoms with E-state index >= 15 is 0 Å². The number of allylic oxidation sites excluding steroid dienone is 1. The molecule has 0 atom stereocenters. The zero-order valence-electron chi connectivity index (χ0n) is 24.5. The lowest BCUT2D eigenvalue weighted by molar-refractivity contribution is 0.625. The Morgan fingerprint density at radius 1 is 0.977 bits per heavy atom. The lowest BCUT2D eigenvalue weighted by Crippen LogP contribution is -2.08. The highest BCUT2D eigenvalue weighted by atomic mass is 32.2. The smallest absolute Gasteiger partial charge is 0.181 e. The van der Waals surface area contributed by atoms with Crippen molar-refractivity contribution >= 4 is 48.8 Å². The predicted molar refractivity (Wildman–Crippen MR) is 182 cm³/mol. The summed E-state index contributed by atoms with van der Waals surface area (Å²) >= 11 is 0. The van der Waals surface area contributed by atoms with Gasteiger partial charge in [0.25, 0.3) is 0 Å². The molecule has 218 valence electrons. The van der Waals surface area contributed by atoms with Crippen LogP contribution in [0.2, 0.25) is 0 Å². The van der Waals surface area contributed by atoms with Gasteiger partial charge in [0.15, 0.2) is 5.65 Å². The molecule has 7 nitrogen and oxygen atoms in total. The zero-order valence-corrected chi connectivity index (χ0v) is 25.3. The van der Waals surface area contributed by atoms with Crippen LogP contribution in [0, 0.1) is 11.7 Å². The molecule has 0 aliphatic rings. The average Bonchev–Trinajstić information content (AvgIpc) is 3.59. The zero-order chi connectivity index (χ0) is 30.3. The first-order valence-corrected chi connectivity index (χ1v) is 16.3. The standard InChI is InChI=1S/C34H34FN7S/c1-20(2)21(3)39-27-13-24(17-36-19-27)25-14-30-33(41-42-34(30)37-18-25)32-15-29-28(8-7-9-31(29)40-32)23-10-22(11-26(35)12-23)16-38-43(4,5)6/h7-15,17-20,38-40H,3-5,16H2,1-2,6H3,(H,37,41,42). The lowest BCUT2D eigenvalue weighted by Gasteiger charge is -2.13. The van der Waals surface area contributed by atoms with Gasteiger partial charge in [-0.3, -0.25) is 14.8 Å². The van der Waals surface area contributed by atoms with E-state index in [0.29, 0.717) is 18.1 Å². The van der Waals surface area contributed by atoms with Crippen LogP contribution in [0.25, 0.3) is 55.6 Å². The maximum Gasteiger partial charge on any atom is 0.181 e. The maximum absolute atomic E-state index is 14.7. The number of pyridine rings is 2. The van der Waals surface area contributed by atoms with Gasteiger partial charge in [0.05, 0.1) is 23.3 Å². The summed E-state index contributed by atoms with van der Waals surface area (Å²) in [6.45, 7) is 8.79. The van der Waals surface area contributed by atoms with Crippen molar-refractivity contribution in [3.8, 4) is 33.6 Å². The third-order valence-electron chi connectivity index (χ3n) is 7.31. The highest BCUT2D eigenvalue weighted by molar-refractivity contribution is 8.25. The topological polar surface area (TPSA) is 94.3 Å². The van der Waals surface area contributed by atoms with E-state index in [0.717, 1.165) is 66.9 Å². The molecule has 4 heterocycles. The van der Waals surface area contributed by atoms with Gasteiger partial charge in [-0.25, -0.2) is 9.37 Å². The van der Waals surface area contributed by atoms with E-state index in [1.807, 2.05) is 42.8 Å². The van der Waals surface area contributed by atoms with Crippen LogP contribution in [-0.4, -0.2) is 43.1 Å². The van der Waals surface area contributed by atoms with Crippen LogP contribution >= 0.6 is 9.39 Å². The first kappa shape index (κ1) is 28.4. The van der Waals surface area contributed by atoms with Crippen molar-refractivity contribution in [2.24, 2.45) is 5.92 Å². The Hall–Kier alpha value is -4.73. The van der Waals surface area contributed by atoms with Gasteiger partial charge in [0, 0.05) is 52.1 Å². The van der Waals surface area contributed by atoms with Crippen LogP contribution in [0.1, 0.15) is 19.4 Å². The van der Waals surface area contributed by atoms with Gasteiger partial charge in [-0.15, -0.1) is 0 Å². The van der Waals surface area contributed by atoms with Crippen molar-refractivity contribution in [2.75, 3.05) is 11.6 Å². The maximum atomic E-state index is 14.7. The Balaban J connectivity index is 1.38. The molecule has 0 fully saturated rings. The highest BCUT2D eigenvalue weighted by Gasteiger charge is 2.16. The summed E-state index contributed by atoms with van der Waals surface area (Å²) in [5.74, 6) is 8.14. The molecule has 0 radical (unpaired) electrons. The Bertz CT molecular complexity index is 2100. The number of hydrogen-bond acceptors (Lipinski definition) is 5. The van der Waals surface area contributed by atoms with Gasteiger partial charge in [-0.2, -0.15) is 14.5 Å². The molecule has 4 N–H and O–H groups in total. The number of anilines is 1. The highest BCUT2D eigenvalue weighted by Crippen LogP contribution is 2.35. The molecule has 6 aromatic rings. The second-order valence-electron chi connectivity index (χ2n) is 11.4. The SMILES string of the molecule is C=C(Nc1cncc(-c2cnc3n[nH]c(-c4cc5c(-c6cc(F)cc(CNS(=C)(=C)C)c6)cccc5[nH]4)c3c2)c1)C(C)C. The Morgan fingerprint density at radius 3 is 2.58 bits per heavy atom. The van der Waals surface area contributed by atoms with Crippen molar-refractivity contribution < 1.29 is 4.39 Å². The van der Waals surface area contributed by atoms with E-state index in [-0.39, 0.29) is 5.82 Å². The van der Waals surface area contributed by atoms with Crippen LogP contribution in [0.4, 0.5) is 10.1 Å². The predicted octanol–water partition coefficient (Wildman–Crippen LogP) is 7.86. The monoisotopic (exact) mass is 591 g/mol. The van der Waals surface area contributed by atoms with E-state index in [2.05, 4.69) is 79.5 Å². The fourth-order valence-electron chi connectivity index (χ4n) is 4.97. The summed E-state index contributed by atoms with van der Waals surface area (Å²) in [4.78, 5) is 12.6. The third kappa shape index (κ3) is 6.09. The molecule has 0 spiro atoms. The fraction of sp³-hybridized carbons (Fsp3) is 0.147. The van der Waals surface area contributed by atoms with Gasteiger partial charge in [0.2, 0.25) is 0 Å². The average molecular weight is 592 g/mol. The molecule has 0 aliphatic carbocycles. The van der Waals surface area contributed by atoms with E-state index in [9.17, 15) is 4.39 Å².